The molecule has 1 aromatic rings. The van der Waals surface area contributed by atoms with Crippen LogP contribution >= 0.6 is 0 Å². The highest BCUT2D eigenvalue weighted by molar-refractivity contribution is 5.98. The Morgan fingerprint density at radius 1 is 0.581 bits per heavy atom. The van der Waals surface area contributed by atoms with Gasteiger partial charge in [0, 0.05) is 5.54 Å². The van der Waals surface area contributed by atoms with Gasteiger partial charge in [0.15, 0.2) is 0 Å². The number of carboxylic acids is 3. The van der Waals surface area contributed by atoms with Gasteiger partial charge < -0.3 is 21.1 Å². The van der Waals surface area contributed by atoms with Crippen LogP contribution in [0, 0.1) is 23.2 Å². The molecular weight excluding hydrogens is 542 g/mol. The predicted octanol–water partition coefficient (Wildman–Crippen LogP) is 9.67. The lowest BCUT2D eigenvalue weighted by atomic mass is 9.44. The van der Waals surface area contributed by atoms with Crippen LogP contribution in [0.25, 0.3) is 0 Å². The molecule has 246 valence electrons. The number of carbonyl (C=O) groups is 3. The molecule has 0 aromatic heterocycles. The molecule has 0 aliphatic heterocycles. The summed E-state index contributed by atoms with van der Waals surface area (Å²) in [6.07, 6.45) is 21.6. The van der Waals surface area contributed by atoms with Crippen LogP contribution < -0.4 is 5.73 Å². The minimum absolute atomic E-state index is 0.0568. The van der Waals surface area contributed by atoms with Crippen molar-refractivity contribution in [2.24, 2.45) is 28.9 Å². The number of rotatable bonds is 18. The summed E-state index contributed by atoms with van der Waals surface area (Å²) in [5.74, 6) is -1.75. The minimum atomic E-state index is -1.37. The first-order valence-electron chi connectivity index (χ1n) is 17.1. The van der Waals surface area contributed by atoms with Gasteiger partial charge in [-0.15, -0.1) is 0 Å². The zero-order chi connectivity index (χ0) is 32.6. The second-order valence-corrected chi connectivity index (χ2v) is 12.8. The van der Waals surface area contributed by atoms with E-state index in [0.717, 1.165) is 36.0 Å². The first kappa shape index (κ1) is 38.6. The Labute approximate surface area is 261 Å². The summed E-state index contributed by atoms with van der Waals surface area (Å²) in [7, 11) is 0. The van der Waals surface area contributed by atoms with Gasteiger partial charge in [0.2, 0.25) is 0 Å². The van der Waals surface area contributed by atoms with Crippen LogP contribution in [0.5, 0.6) is 0 Å². The van der Waals surface area contributed by atoms with Crippen molar-refractivity contribution in [2.45, 2.75) is 150 Å². The fourth-order valence-corrected chi connectivity index (χ4v) is 8.45. The lowest BCUT2D eigenvalue weighted by Crippen LogP contribution is -2.67. The molecule has 1 atom stereocenters. The SMILES string of the molecule is CCCC(CCC)C1(N)CCCCC1(C(CCC)CCC)C(CCC)CCC.O=C(O)c1cc(C(=O)O)cc(C(=O)O)c1. The number of hydrogen-bond donors (Lipinski definition) is 4. The summed E-state index contributed by atoms with van der Waals surface area (Å²) in [6, 6.07) is 2.70. The molecular formula is C36H61NO6. The van der Waals surface area contributed by atoms with E-state index in [1.807, 2.05) is 0 Å². The van der Waals surface area contributed by atoms with Gasteiger partial charge >= 0.3 is 17.9 Å². The Morgan fingerprint density at radius 3 is 1.14 bits per heavy atom. The second kappa shape index (κ2) is 19.1. The predicted molar refractivity (Wildman–Crippen MR) is 175 cm³/mol. The van der Waals surface area contributed by atoms with Crippen LogP contribution in [-0.2, 0) is 0 Å². The number of benzene rings is 1. The average molecular weight is 604 g/mol. The van der Waals surface area contributed by atoms with Gasteiger partial charge in [-0.1, -0.05) is 119 Å². The summed E-state index contributed by atoms with van der Waals surface area (Å²) in [4.78, 5) is 31.7. The van der Waals surface area contributed by atoms with Gasteiger partial charge in [0.1, 0.15) is 0 Å². The lowest BCUT2D eigenvalue weighted by molar-refractivity contribution is -0.0983. The van der Waals surface area contributed by atoms with Gasteiger partial charge in [-0.25, -0.2) is 14.4 Å². The van der Waals surface area contributed by atoms with E-state index in [2.05, 4.69) is 41.5 Å². The van der Waals surface area contributed by atoms with E-state index < -0.39 is 17.9 Å². The second-order valence-electron chi connectivity index (χ2n) is 12.8. The summed E-state index contributed by atoms with van der Waals surface area (Å²) < 4.78 is 0. The standard InChI is InChI=1S/C27H55N.C9H6O6/c1-7-15-23(16-8-2)26(24(17-9-3)18-10-4)21-13-14-22-27(26,28)25(19-11-5)20-12-6;10-7(11)4-1-5(8(12)13)3-6(2-4)9(14)15/h23-25H,7-22,28H2,1-6H3;1-3H,(H,10,11)(H,12,13)(H,14,15). The molecule has 1 fully saturated rings. The van der Waals surface area contributed by atoms with Gasteiger partial charge in [0.25, 0.3) is 0 Å². The van der Waals surface area contributed by atoms with Crippen LogP contribution in [-0.4, -0.2) is 38.8 Å². The smallest absolute Gasteiger partial charge is 0.335 e. The van der Waals surface area contributed by atoms with Crippen LogP contribution in [0.1, 0.15) is 175 Å². The van der Waals surface area contributed by atoms with Crippen molar-refractivity contribution >= 4 is 17.9 Å². The van der Waals surface area contributed by atoms with E-state index in [0.29, 0.717) is 5.41 Å². The molecule has 1 aliphatic carbocycles. The number of carboxylic acid groups (broad SMARTS) is 3. The molecule has 1 unspecified atom stereocenters. The topological polar surface area (TPSA) is 138 Å². The molecule has 0 heterocycles. The molecule has 0 spiro atoms. The third-order valence-corrected chi connectivity index (χ3v) is 9.98. The molecule has 0 bridgehead atoms. The van der Waals surface area contributed by atoms with Crippen molar-refractivity contribution < 1.29 is 29.7 Å². The largest absolute Gasteiger partial charge is 0.478 e. The summed E-state index contributed by atoms with van der Waals surface area (Å²) in [6.45, 7) is 14.4. The molecule has 7 heteroatoms. The highest BCUT2D eigenvalue weighted by Crippen LogP contribution is 2.61. The highest BCUT2D eigenvalue weighted by Gasteiger charge is 2.59. The van der Waals surface area contributed by atoms with Gasteiger partial charge in [-0.05, 0) is 67.1 Å². The summed E-state index contributed by atoms with van der Waals surface area (Å²) in [5, 5.41) is 25.8. The van der Waals surface area contributed by atoms with E-state index >= 15 is 0 Å². The Kier molecular flexibility index (Phi) is 17.1. The fourth-order valence-electron chi connectivity index (χ4n) is 8.45. The van der Waals surface area contributed by atoms with Crippen molar-refractivity contribution in [3.8, 4) is 0 Å². The van der Waals surface area contributed by atoms with Crippen molar-refractivity contribution in [1.82, 2.24) is 0 Å². The molecule has 0 saturated heterocycles. The van der Waals surface area contributed by atoms with E-state index in [1.54, 1.807) is 0 Å². The van der Waals surface area contributed by atoms with E-state index in [9.17, 15) is 14.4 Å². The maximum absolute atomic E-state index is 10.6. The lowest BCUT2D eigenvalue weighted by Gasteiger charge is -2.63. The Balaban J connectivity index is 0.000000517. The first-order chi connectivity index (χ1) is 20.4. The number of nitrogens with two attached hydrogens (primary N) is 1. The monoisotopic (exact) mass is 603 g/mol. The van der Waals surface area contributed by atoms with Crippen molar-refractivity contribution in [2.75, 3.05) is 0 Å². The normalized spacial score (nSPS) is 18.0. The van der Waals surface area contributed by atoms with E-state index in [-0.39, 0.29) is 22.2 Å². The number of hydrogen-bond acceptors (Lipinski definition) is 4. The van der Waals surface area contributed by atoms with Gasteiger partial charge in [-0.3, -0.25) is 0 Å². The van der Waals surface area contributed by atoms with E-state index in [4.69, 9.17) is 21.1 Å². The molecule has 7 nitrogen and oxygen atoms in total. The minimum Gasteiger partial charge on any atom is -0.478 e. The molecule has 43 heavy (non-hydrogen) atoms. The number of aromatic carboxylic acids is 3. The zero-order valence-electron chi connectivity index (χ0n) is 27.9. The Hall–Kier alpha value is -2.41. The van der Waals surface area contributed by atoms with Crippen LogP contribution in [0.15, 0.2) is 18.2 Å². The van der Waals surface area contributed by atoms with Gasteiger partial charge in [0.05, 0.1) is 16.7 Å². The van der Waals surface area contributed by atoms with Gasteiger partial charge in [-0.2, -0.15) is 0 Å². The maximum Gasteiger partial charge on any atom is 0.335 e. The fraction of sp³-hybridized carbons (Fsp3) is 0.750. The van der Waals surface area contributed by atoms with Crippen LogP contribution in [0.2, 0.25) is 0 Å². The summed E-state index contributed by atoms with van der Waals surface area (Å²) >= 11 is 0. The highest BCUT2D eigenvalue weighted by atomic mass is 16.4. The zero-order valence-corrected chi connectivity index (χ0v) is 27.9. The van der Waals surface area contributed by atoms with Crippen molar-refractivity contribution in [1.29, 1.82) is 0 Å². The molecule has 5 N–H and O–H groups in total. The molecule has 1 aromatic carbocycles. The van der Waals surface area contributed by atoms with Crippen LogP contribution in [0.3, 0.4) is 0 Å². The molecule has 0 radical (unpaired) electrons. The molecule has 1 saturated carbocycles. The quantitative estimate of drug-likeness (QED) is 0.131. The Morgan fingerprint density at radius 2 is 0.860 bits per heavy atom. The average Bonchev–Trinajstić information content (AvgIpc) is 2.97. The van der Waals surface area contributed by atoms with E-state index in [1.165, 1.54) is 103 Å². The maximum atomic E-state index is 10.6. The van der Waals surface area contributed by atoms with Crippen molar-refractivity contribution in [3.05, 3.63) is 34.9 Å². The molecule has 1 aliphatic rings. The molecule has 2 rings (SSSR count). The molecule has 0 amide bonds. The van der Waals surface area contributed by atoms with Crippen molar-refractivity contribution in [3.63, 3.8) is 0 Å². The third-order valence-electron chi connectivity index (χ3n) is 9.98. The third kappa shape index (κ3) is 9.79. The first-order valence-corrected chi connectivity index (χ1v) is 17.1. The summed E-state index contributed by atoms with van der Waals surface area (Å²) in [5.41, 5.74) is 7.10. The van der Waals surface area contributed by atoms with Crippen LogP contribution in [0.4, 0.5) is 0 Å². The Bertz CT molecular complexity index is 894.